The third-order valence-corrected chi connectivity index (χ3v) is 2.63. The normalized spacial score (nSPS) is 9.77. The Balaban J connectivity index is 1.89. The van der Waals surface area contributed by atoms with Crippen molar-refractivity contribution in [2.45, 2.75) is 13.0 Å². The van der Waals surface area contributed by atoms with Gasteiger partial charge in [0.2, 0.25) is 11.7 Å². The lowest BCUT2D eigenvalue weighted by Crippen LogP contribution is -2.09. The highest BCUT2D eigenvalue weighted by Crippen LogP contribution is 2.18. The molecule has 0 aliphatic rings. The number of furan rings is 1. The zero-order valence-corrected chi connectivity index (χ0v) is 11.4. The molecule has 0 radical (unpaired) electrons. The third-order valence-electron chi connectivity index (χ3n) is 2.63. The molecule has 1 aromatic carbocycles. The van der Waals surface area contributed by atoms with Crippen molar-refractivity contribution >= 4 is 17.6 Å². The number of ether oxygens (including phenoxy) is 1. The quantitative estimate of drug-likeness (QED) is 0.847. The van der Waals surface area contributed by atoms with Crippen LogP contribution in [-0.2, 0) is 11.4 Å². The van der Waals surface area contributed by atoms with Gasteiger partial charge in [0.05, 0.1) is 6.07 Å². The van der Waals surface area contributed by atoms with Gasteiger partial charge in [-0.15, -0.1) is 0 Å². The van der Waals surface area contributed by atoms with Gasteiger partial charge >= 0.3 is 5.97 Å². The molecule has 1 aromatic heterocycles. The second-order valence-corrected chi connectivity index (χ2v) is 4.27. The van der Waals surface area contributed by atoms with Crippen LogP contribution >= 0.6 is 0 Å². The molecule has 7 heteroatoms. The largest absolute Gasteiger partial charge is 0.486 e. The van der Waals surface area contributed by atoms with E-state index >= 15 is 0 Å². The van der Waals surface area contributed by atoms with E-state index in [2.05, 4.69) is 5.32 Å². The Hall–Kier alpha value is -3.27. The van der Waals surface area contributed by atoms with Crippen LogP contribution in [0.15, 0.2) is 40.8 Å². The van der Waals surface area contributed by atoms with Crippen LogP contribution in [0.5, 0.6) is 5.75 Å². The molecule has 0 bridgehead atoms. The number of carboxylic acid groups (broad SMARTS) is 1. The lowest BCUT2D eigenvalue weighted by Gasteiger charge is -2.06. The van der Waals surface area contributed by atoms with E-state index in [1.165, 1.54) is 12.1 Å². The second kappa shape index (κ2) is 6.95. The van der Waals surface area contributed by atoms with Crippen molar-refractivity contribution in [3.8, 4) is 11.8 Å². The van der Waals surface area contributed by atoms with Gasteiger partial charge in [-0.2, -0.15) is 5.26 Å². The van der Waals surface area contributed by atoms with Crippen LogP contribution in [0.1, 0.15) is 22.7 Å². The van der Waals surface area contributed by atoms with E-state index < -0.39 is 5.97 Å². The maximum atomic E-state index is 11.2. The molecule has 0 atom stereocenters. The first-order valence-corrected chi connectivity index (χ1v) is 6.30. The van der Waals surface area contributed by atoms with Gasteiger partial charge < -0.3 is 19.6 Å². The predicted molar refractivity (Wildman–Crippen MR) is 75.3 cm³/mol. The molecule has 2 aromatic rings. The van der Waals surface area contributed by atoms with Crippen molar-refractivity contribution in [2.75, 3.05) is 5.32 Å². The van der Waals surface area contributed by atoms with E-state index in [9.17, 15) is 9.59 Å². The van der Waals surface area contributed by atoms with E-state index in [0.29, 0.717) is 17.2 Å². The fraction of sp³-hybridized carbons (Fsp3) is 0.133. The Morgan fingerprint density at radius 3 is 2.55 bits per heavy atom. The van der Waals surface area contributed by atoms with Crippen molar-refractivity contribution in [3.05, 3.63) is 47.9 Å². The third kappa shape index (κ3) is 4.11. The van der Waals surface area contributed by atoms with Crippen LogP contribution in [0, 0.1) is 11.3 Å². The smallest absolute Gasteiger partial charge is 0.371 e. The van der Waals surface area contributed by atoms with Crippen LogP contribution < -0.4 is 10.1 Å². The topological polar surface area (TPSA) is 113 Å². The molecule has 0 fully saturated rings. The lowest BCUT2D eigenvalue weighted by atomic mass is 10.3. The van der Waals surface area contributed by atoms with Crippen molar-refractivity contribution < 1.29 is 23.8 Å². The van der Waals surface area contributed by atoms with Gasteiger partial charge in [-0.05, 0) is 36.4 Å². The van der Waals surface area contributed by atoms with Crippen molar-refractivity contribution in [1.82, 2.24) is 0 Å². The summed E-state index contributed by atoms with van der Waals surface area (Å²) >= 11 is 0. The number of nitriles is 1. The molecule has 1 amide bonds. The number of aromatic carboxylic acids is 1. The summed E-state index contributed by atoms with van der Waals surface area (Å²) in [5, 5.41) is 19.7. The molecular formula is C15H12N2O5. The molecule has 22 heavy (non-hydrogen) atoms. The number of carboxylic acids is 1. The Kier molecular flexibility index (Phi) is 4.78. The SMILES string of the molecule is N#CCC(=O)Nc1ccc(OCc2ccc(C(=O)O)o2)cc1. The maximum absolute atomic E-state index is 11.2. The minimum absolute atomic E-state index is 0.0907. The summed E-state index contributed by atoms with van der Waals surface area (Å²) in [4.78, 5) is 21.9. The first-order chi connectivity index (χ1) is 10.6. The highest BCUT2D eigenvalue weighted by molar-refractivity contribution is 5.92. The van der Waals surface area contributed by atoms with E-state index in [4.69, 9.17) is 19.5 Å². The number of anilines is 1. The number of nitrogens with zero attached hydrogens (tertiary/aromatic N) is 1. The van der Waals surface area contributed by atoms with Gasteiger partial charge in [-0.1, -0.05) is 0 Å². The Labute approximate surface area is 125 Å². The summed E-state index contributed by atoms with van der Waals surface area (Å²) in [6, 6.07) is 11.2. The van der Waals surface area contributed by atoms with Crippen molar-refractivity contribution in [3.63, 3.8) is 0 Å². The minimum atomic E-state index is -1.14. The van der Waals surface area contributed by atoms with Crippen molar-refractivity contribution in [2.24, 2.45) is 0 Å². The first kappa shape index (κ1) is 15.1. The number of carbonyl (C=O) groups excluding carboxylic acids is 1. The van der Waals surface area contributed by atoms with Crippen LogP contribution in [0.3, 0.4) is 0 Å². The maximum Gasteiger partial charge on any atom is 0.371 e. The average Bonchev–Trinajstić information content (AvgIpc) is 2.96. The summed E-state index contributed by atoms with van der Waals surface area (Å²) in [7, 11) is 0. The summed E-state index contributed by atoms with van der Waals surface area (Å²) in [6.07, 6.45) is -0.206. The van der Waals surface area contributed by atoms with Crippen LogP contribution in [-0.4, -0.2) is 17.0 Å². The molecule has 0 spiro atoms. The van der Waals surface area contributed by atoms with Gasteiger partial charge in [0.25, 0.3) is 0 Å². The predicted octanol–water partition coefficient (Wildman–Crippen LogP) is 2.41. The number of carbonyl (C=O) groups is 2. The molecule has 1 heterocycles. The molecule has 2 rings (SSSR count). The molecule has 0 saturated carbocycles. The standard InChI is InChI=1S/C15H12N2O5/c16-8-7-14(18)17-10-1-3-11(4-2-10)21-9-12-5-6-13(22-12)15(19)20/h1-6H,7,9H2,(H,17,18)(H,19,20). The van der Waals surface area contributed by atoms with Crippen LogP contribution in [0.4, 0.5) is 5.69 Å². The monoisotopic (exact) mass is 300 g/mol. The average molecular weight is 300 g/mol. The molecule has 0 aliphatic carbocycles. The van der Waals surface area contributed by atoms with Crippen LogP contribution in [0.2, 0.25) is 0 Å². The number of amides is 1. The fourth-order valence-corrected chi connectivity index (χ4v) is 1.64. The molecule has 0 unspecified atom stereocenters. The number of hydrogen-bond donors (Lipinski definition) is 2. The zero-order chi connectivity index (χ0) is 15.9. The van der Waals surface area contributed by atoms with E-state index in [1.807, 2.05) is 0 Å². The van der Waals surface area contributed by atoms with Gasteiger partial charge in [-0.25, -0.2) is 4.79 Å². The van der Waals surface area contributed by atoms with Gasteiger partial charge in [0.15, 0.2) is 0 Å². The zero-order valence-electron chi connectivity index (χ0n) is 11.4. The number of rotatable bonds is 6. The van der Waals surface area contributed by atoms with E-state index in [1.54, 1.807) is 30.3 Å². The van der Waals surface area contributed by atoms with Gasteiger partial charge in [-0.3, -0.25) is 4.79 Å². The number of benzene rings is 1. The molecular weight excluding hydrogens is 288 g/mol. The molecule has 7 nitrogen and oxygen atoms in total. The van der Waals surface area contributed by atoms with Crippen molar-refractivity contribution in [1.29, 1.82) is 5.26 Å². The molecule has 112 valence electrons. The number of nitrogens with one attached hydrogen (secondary N) is 1. The fourth-order valence-electron chi connectivity index (χ4n) is 1.64. The minimum Gasteiger partial charge on any atom is -0.486 e. The number of hydrogen-bond acceptors (Lipinski definition) is 5. The Morgan fingerprint density at radius 1 is 1.23 bits per heavy atom. The van der Waals surface area contributed by atoms with E-state index in [0.717, 1.165) is 0 Å². The van der Waals surface area contributed by atoms with Gasteiger partial charge in [0.1, 0.15) is 24.5 Å². The summed E-state index contributed by atoms with van der Waals surface area (Å²) in [6.45, 7) is 0.0907. The Bertz CT molecular complexity index is 712. The first-order valence-electron chi connectivity index (χ1n) is 6.30. The second-order valence-electron chi connectivity index (χ2n) is 4.27. The van der Waals surface area contributed by atoms with E-state index in [-0.39, 0.29) is 24.7 Å². The summed E-state index contributed by atoms with van der Waals surface area (Å²) < 4.78 is 10.5. The molecule has 0 saturated heterocycles. The highest BCUT2D eigenvalue weighted by atomic mass is 16.5. The van der Waals surface area contributed by atoms with Gasteiger partial charge in [0, 0.05) is 5.69 Å². The molecule has 0 aliphatic heterocycles. The summed E-state index contributed by atoms with van der Waals surface area (Å²) in [5.74, 6) is -0.735. The molecule has 2 N–H and O–H groups in total. The summed E-state index contributed by atoms with van der Waals surface area (Å²) in [5.41, 5.74) is 0.554. The highest BCUT2D eigenvalue weighted by Gasteiger charge is 2.09. The van der Waals surface area contributed by atoms with Crippen LogP contribution in [0.25, 0.3) is 0 Å². The Morgan fingerprint density at radius 2 is 1.95 bits per heavy atom. The lowest BCUT2D eigenvalue weighted by molar-refractivity contribution is -0.115.